The van der Waals surface area contributed by atoms with Gasteiger partial charge >= 0.3 is 0 Å². The van der Waals surface area contributed by atoms with E-state index in [4.69, 9.17) is 5.73 Å². The second-order valence-electron chi connectivity index (χ2n) is 5.66. The molecule has 0 spiro atoms. The molecule has 4 nitrogen and oxygen atoms in total. The molecule has 1 atom stereocenters. The number of rotatable bonds is 2. The third-order valence-corrected chi connectivity index (χ3v) is 4.52. The summed E-state index contributed by atoms with van der Waals surface area (Å²) >= 11 is 0. The summed E-state index contributed by atoms with van der Waals surface area (Å²) < 4.78 is 0. The maximum Gasteiger partial charge on any atom is 0.161 e. The number of nitrogens with two attached hydrogens (primary N) is 1. The second-order valence-corrected chi connectivity index (χ2v) is 5.66. The summed E-state index contributed by atoms with van der Waals surface area (Å²) in [5.74, 6) is -0.591. The lowest BCUT2D eigenvalue weighted by molar-refractivity contribution is 0.365. The van der Waals surface area contributed by atoms with Crippen molar-refractivity contribution < 1.29 is 15.3 Å². The van der Waals surface area contributed by atoms with Crippen LogP contribution >= 0.6 is 0 Å². The first-order valence-corrected chi connectivity index (χ1v) is 7.12. The number of fused-ring (bicyclic) bond motifs is 1. The standard InChI is InChI=1S/C17H19NO3/c18-10-17(14-8-12(19)9-15(20)16(14)21)7-3-5-11-4-1-2-6-13(11)17/h1-2,4,6,8-9,19-21H,3,5,7,10,18H2. The van der Waals surface area contributed by atoms with Crippen LogP contribution in [0.5, 0.6) is 17.2 Å². The van der Waals surface area contributed by atoms with E-state index in [1.54, 1.807) is 0 Å². The van der Waals surface area contributed by atoms with E-state index in [1.807, 2.05) is 18.2 Å². The highest BCUT2D eigenvalue weighted by Crippen LogP contribution is 2.48. The zero-order valence-electron chi connectivity index (χ0n) is 11.7. The van der Waals surface area contributed by atoms with Crippen LogP contribution in [0.4, 0.5) is 0 Å². The molecule has 0 bridgehead atoms. The largest absolute Gasteiger partial charge is 0.508 e. The number of hydrogen-bond donors (Lipinski definition) is 4. The van der Waals surface area contributed by atoms with Crippen LogP contribution in [0.2, 0.25) is 0 Å². The van der Waals surface area contributed by atoms with Crippen LogP contribution in [0.1, 0.15) is 29.5 Å². The van der Waals surface area contributed by atoms with Crippen LogP contribution < -0.4 is 5.73 Å². The molecule has 0 saturated carbocycles. The van der Waals surface area contributed by atoms with Crippen molar-refractivity contribution in [3.05, 3.63) is 53.1 Å². The molecule has 0 radical (unpaired) electrons. The first kappa shape index (κ1) is 13.8. The van der Waals surface area contributed by atoms with Gasteiger partial charge in [0.25, 0.3) is 0 Å². The Labute approximate surface area is 123 Å². The Bertz CT molecular complexity index is 684. The van der Waals surface area contributed by atoms with Gasteiger partial charge in [0.05, 0.1) is 0 Å². The van der Waals surface area contributed by atoms with Crippen molar-refractivity contribution >= 4 is 0 Å². The monoisotopic (exact) mass is 285 g/mol. The van der Waals surface area contributed by atoms with E-state index in [2.05, 4.69) is 6.07 Å². The molecule has 0 fully saturated rings. The summed E-state index contributed by atoms with van der Waals surface area (Å²) in [5.41, 5.74) is 8.27. The minimum Gasteiger partial charge on any atom is -0.508 e. The summed E-state index contributed by atoms with van der Waals surface area (Å²) in [6, 6.07) is 10.7. The number of aromatic hydroxyl groups is 3. The van der Waals surface area contributed by atoms with Crippen molar-refractivity contribution in [3.63, 3.8) is 0 Å². The average Bonchev–Trinajstić information content (AvgIpc) is 2.50. The predicted octanol–water partition coefficient (Wildman–Crippen LogP) is 2.38. The molecule has 0 aliphatic heterocycles. The molecule has 0 saturated heterocycles. The van der Waals surface area contributed by atoms with E-state index in [0.717, 1.165) is 30.9 Å². The number of phenolic OH excluding ortho intramolecular Hbond substituents is 3. The van der Waals surface area contributed by atoms with Gasteiger partial charge in [-0.3, -0.25) is 0 Å². The molecule has 110 valence electrons. The summed E-state index contributed by atoms with van der Waals surface area (Å²) in [6.07, 6.45) is 2.70. The van der Waals surface area contributed by atoms with Crippen molar-refractivity contribution in [2.75, 3.05) is 6.54 Å². The minimum atomic E-state index is -0.574. The number of hydrogen-bond acceptors (Lipinski definition) is 4. The molecular weight excluding hydrogens is 266 g/mol. The van der Waals surface area contributed by atoms with E-state index >= 15 is 0 Å². The van der Waals surface area contributed by atoms with Crippen molar-refractivity contribution in [2.24, 2.45) is 5.73 Å². The van der Waals surface area contributed by atoms with Crippen molar-refractivity contribution in [1.82, 2.24) is 0 Å². The van der Waals surface area contributed by atoms with E-state index in [1.165, 1.54) is 11.6 Å². The van der Waals surface area contributed by atoms with Gasteiger partial charge in [0.2, 0.25) is 0 Å². The van der Waals surface area contributed by atoms with E-state index in [-0.39, 0.29) is 17.2 Å². The Balaban J connectivity index is 2.28. The number of phenols is 3. The van der Waals surface area contributed by atoms with Crippen LogP contribution in [0.25, 0.3) is 0 Å². The zero-order valence-corrected chi connectivity index (χ0v) is 11.7. The lowest BCUT2D eigenvalue weighted by Crippen LogP contribution is -2.39. The molecule has 3 rings (SSSR count). The lowest BCUT2D eigenvalue weighted by atomic mass is 9.65. The number of benzene rings is 2. The summed E-state index contributed by atoms with van der Waals surface area (Å²) in [7, 11) is 0. The van der Waals surface area contributed by atoms with E-state index in [9.17, 15) is 15.3 Å². The van der Waals surface area contributed by atoms with Crippen molar-refractivity contribution in [2.45, 2.75) is 24.7 Å². The number of aryl methyl sites for hydroxylation is 1. The van der Waals surface area contributed by atoms with Crippen LogP contribution in [-0.4, -0.2) is 21.9 Å². The maximum absolute atomic E-state index is 10.3. The fourth-order valence-corrected chi connectivity index (χ4v) is 3.49. The first-order valence-electron chi connectivity index (χ1n) is 7.12. The average molecular weight is 285 g/mol. The maximum atomic E-state index is 10.3. The Hall–Kier alpha value is -2.20. The third kappa shape index (κ3) is 2.03. The van der Waals surface area contributed by atoms with Crippen LogP contribution in [0.15, 0.2) is 36.4 Å². The normalized spacial score (nSPS) is 21.0. The lowest BCUT2D eigenvalue weighted by Gasteiger charge is -2.39. The summed E-state index contributed by atoms with van der Waals surface area (Å²) in [6.45, 7) is 0.306. The van der Waals surface area contributed by atoms with Gasteiger partial charge in [-0.15, -0.1) is 0 Å². The molecule has 0 aromatic heterocycles. The van der Waals surface area contributed by atoms with Gasteiger partial charge < -0.3 is 21.1 Å². The van der Waals surface area contributed by atoms with Crippen molar-refractivity contribution in [3.8, 4) is 17.2 Å². The van der Waals surface area contributed by atoms with Gasteiger partial charge in [0, 0.05) is 23.6 Å². The molecule has 5 N–H and O–H groups in total. The molecule has 0 heterocycles. The second kappa shape index (κ2) is 4.97. The molecule has 4 heteroatoms. The smallest absolute Gasteiger partial charge is 0.161 e. The minimum absolute atomic E-state index is 0.0730. The topological polar surface area (TPSA) is 86.7 Å². The van der Waals surface area contributed by atoms with Crippen LogP contribution in [0.3, 0.4) is 0 Å². The van der Waals surface area contributed by atoms with Crippen molar-refractivity contribution in [1.29, 1.82) is 0 Å². The molecule has 1 unspecified atom stereocenters. The van der Waals surface area contributed by atoms with E-state index in [0.29, 0.717) is 12.1 Å². The van der Waals surface area contributed by atoms with Gasteiger partial charge in [-0.25, -0.2) is 0 Å². The highest BCUT2D eigenvalue weighted by molar-refractivity contribution is 5.58. The predicted molar refractivity (Wildman–Crippen MR) is 80.7 cm³/mol. The Kier molecular flexibility index (Phi) is 3.26. The Morgan fingerprint density at radius 1 is 1.05 bits per heavy atom. The summed E-state index contributed by atoms with van der Waals surface area (Å²) in [4.78, 5) is 0. The summed E-state index contributed by atoms with van der Waals surface area (Å²) in [5, 5.41) is 29.9. The molecule has 1 aliphatic carbocycles. The quantitative estimate of drug-likeness (QED) is 0.504. The zero-order chi connectivity index (χ0) is 15.0. The molecule has 1 aliphatic rings. The SMILES string of the molecule is NCC1(c2cc(O)cc(O)c2O)CCCc2ccccc21. The fourth-order valence-electron chi connectivity index (χ4n) is 3.49. The molecule has 2 aromatic carbocycles. The molecule has 0 amide bonds. The third-order valence-electron chi connectivity index (χ3n) is 4.52. The fraction of sp³-hybridized carbons (Fsp3) is 0.294. The van der Waals surface area contributed by atoms with Gasteiger partial charge in [0.1, 0.15) is 5.75 Å². The highest BCUT2D eigenvalue weighted by Gasteiger charge is 2.39. The Morgan fingerprint density at radius 2 is 1.81 bits per heavy atom. The highest BCUT2D eigenvalue weighted by atomic mass is 16.3. The first-order chi connectivity index (χ1) is 10.1. The van der Waals surface area contributed by atoms with Crippen LogP contribution in [0, 0.1) is 0 Å². The van der Waals surface area contributed by atoms with Gasteiger partial charge in [-0.05, 0) is 36.5 Å². The van der Waals surface area contributed by atoms with E-state index < -0.39 is 5.41 Å². The molecular formula is C17H19NO3. The van der Waals surface area contributed by atoms with Gasteiger partial charge in [-0.1, -0.05) is 24.3 Å². The van der Waals surface area contributed by atoms with Gasteiger partial charge in [0.15, 0.2) is 11.5 Å². The Morgan fingerprint density at radius 3 is 2.57 bits per heavy atom. The molecule has 21 heavy (non-hydrogen) atoms. The van der Waals surface area contributed by atoms with Crippen LogP contribution in [-0.2, 0) is 11.8 Å². The van der Waals surface area contributed by atoms with Gasteiger partial charge in [-0.2, -0.15) is 0 Å². The molecule has 2 aromatic rings.